The molecule has 0 fully saturated rings. The summed E-state index contributed by atoms with van der Waals surface area (Å²) in [6.07, 6.45) is 1.85. The van der Waals surface area contributed by atoms with E-state index in [0.717, 1.165) is 16.8 Å². The van der Waals surface area contributed by atoms with Gasteiger partial charge >= 0.3 is 0 Å². The zero-order valence-corrected chi connectivity index (χ0v) is 9.63. The topological polar surface area (TPSA) is 41.5 Å². The van der Waals surface area contributed by atoms with E-state index in [2.05, 4.69) is 18.2 Å². The Kier molecular flexibility index (Phi) is 2.31. The molecule has 1 heterocycles. The van der Waals surface area contributed by atoms with Crippen molar-refractivity contribution < 1.29 is 9.31 Å². The van der Waals surface area contributed by atoms with E-state index < -0.39 is 0 Å². The third-order valence-corrected chi connectivity index (χ3v) is 2.98. The molecule has 2 N–H and O–H groups in total. The predicted octanol–water partition coefficient (Wildman–Crippen LogP) is 1.81. The van der Waals surface area contributed by atoms with Gasteiger partial charge in [0, 0.05) is 7.11 Å². The first-order valence-corrected chi connectivity index (χ1v) is 5.47. The minimum atomic E-state index is 0.487. The Bertz CT molecular complexity index is 601. The van der Waals surface area contributed by atoms with Crippen molar-refractivity contribution in [1.82, 2.24) is 0 Å². The minimum absolute atomic E-state index is 0.487. The number of hydrogen-bond donors (Lipinski definition) is 1. The number of methoxy groups -OCH3 is 1. The molecule has 0 saturated heterocycles. The third kappa shape index (κ3) is 1.50. The van der Waals surface area contributed by atoms with E-state index in [1.54, 1.807) is 12.1 Å². The van der Waals surface area contributed by atoms with Crippen molar-refractivity contribution in [2.75, 3.05) is 18.8 Å². The summed E-state index contributed by atoms with van der Waals surface area (Å²) in [6, 6.07) is 12.3. The molecule has 0 unspecified atom stereocenters. The lowest BCUT2D eigenvalue weighted by atomic mass is 10.1. The predicted molar refractivity (Wildman–Crippen MR) is 68.5 cm³/mol. The molecule has 17 heavy (non-hydrogen) atoms. The van der Waals surface area contributed by atoms with Crippen LogP contribution in [0.2, 0.25) is 0 Å². The van der Waals surface area contributed by atoms with Gasteiger partial charge in [-0.1, -0.05) is 24.3 Å². The van der Waals surface area contributed by atoms with Gasteiger partial charge < -0.3 is 4.74 Å². The summed E-state index contributed by atoms with van der Waals surface area (Å²) < 4.78 is 7.18. The van der Waals surface area contributed by atoms with Crippen LogP contribution in [0.5, 0.6) is 0 Å². The summed E-state index contributed by atoms with van der Waals surface area (Å²) in [6.45, 7) is 0.487. The Morgan fingerprint density at radius 3 is 2.76 bits per heavy atom. The van der Waals surface area contributed by atoms with Crippen LogP contribution in [0, 0.1) is 0 Å². The van der Waals surface area contributed by atoms with Crippen LogP contribution in [0.25, 0.3) is 10.8 Å². The standard InChI is InChI=1S/C13H14N3O/c1-17-9-15-8-16(14)12-7-3-5-10-4-2-6-11(15)13(10)12/h2-8H,9,14H2,1H3/q+1. The zero-order chi connectivity index (χ0) is 11.8. The molecule has 3 rings (SSSR count). The van der Waals surface area contributed by atoms with Gasteiger partial charge in [-0.05, 0) is 17.5 Å². The van der Waals surface area contributed by atoms with Crippen LogP contribution >= 0.6 is 0 Å². The van der Waals surface area contributed by atoms with Crippen molar-refractivity contribution >= 4 is 28.5 Å². The van der Waals surface area contributed by atoms with Gasteiger partial charge in [-0.2, -0.15) is 10.9 Å². The average Bonchev–Trinajstić information content (AvgIpc) is 2.35. The molecule has 0 amide bonds. The van der Waals surface area contributed by atoms with Crippen molar-refractivity contribution in [2.24, 2.45) is 5.84 Å². The van der Waals surface area contributed by atoms with Crippen LogP contribution in [0.15, 0.2) is 36.4 Å². The van der Waals surface area contributed by atoms with Crippen LogP contribution in [0.3, 0.4) is 0 Å². The van der Waals surface area contributed by atoms with E-state index in [1.807, 2.05) is 29.1 Å². The molecule has 0 radical (unpaired) electrons. The first-order valence-electron chi connectivity index (χ1n) is 5.47. The number of hydrazine groups is 1. The molecule has 1 aliphatic heterocycles. The van der Waals surface area contributed by atoms with Crippen LogP contribution < -0.4 is 10.9 Å². The zero-order valence-electron chi connectivity index (χ0n) is 9.63. The minimum Gasteiger partial charge on any atom is -0.345 e. The molecule has 86 valence electrons. The van der Waals surface area contributed by atoms with Gasteiger partial charge in [0.05, 0.1) is 5.39 Å². The van der Waals surface area contributed by atoms with E-state index in [4.69, 9.17) is 10.6 Å². The molecule has 0 bridgehead atoms. The second kappa shape index (κ2) is 3.84. The molecule has 0 aliphatic carbocycles. The van der Waals surface area contributed by atoms with Crippen LogP contribution in [-0.2, 0) is 4.74 Å². The van der Waals surface area contributed by atoms with Gasteiger partial charge in [-0.15, -0.1) is 0 Å². The Morgan fingerprint density at radius 1 is 1.24 bits per heavy atom. The Labute approximate surface area is 99.5 Å². The number of anilines is 1. The number of nitrogens with zero attached hydrogens (tertiary/aromatic N) is 2. The Balaban J connectivity index is 2.32. The van der Waals surface area contributed by atoms with Gasteiger partial charge in [-0.3, -0.25) is 0 Å². The summed E-state index contributed by atoms with van der Waals surface area (Å²) in [5.41, 5.74) is 2.15. The second-order valence-electron chi connectivity index (χ2n) is 4.06. The number of nitrogens with two attached hydrogens (primary N) is 1. The van der Waals surface area contributed by atoms with Crippen molar-refractivity contribution in [3.05, 3.63) is 36.4 Å². The monoisotopic (exact) mass is 228 g/mol. The largest absolute Gasteiger partial charge is 0.345 e. The van der Waals surface area contributed by atoms with E-state index in [-0.39, 0.29) is 0 Å². The van der Waals surface area contributed by atoms with Gasteiger partial charge in [-0.25, -0.2) is 4.58 Å². The van der Waals surface area contributed by atoms with Crippen molar-refractivity contribution in [1.29, 1.82) is 0 Å². The lowest BCUT2D eigenvalue weighted by molar-refractivity contribution is -0.484. The first kappa shape index (κ1) is 10.3. The van der Waals surface area contributed by atoms with E-state index in [1.165, 1.54) is 5.39 Å². The molecular weight excluding hydrogens is 214 g/mol. The van der Waals surface area contributed by atoms with Crippen molar-refractivity contribution in [3.63, 3.8) is 0 Å². The van der Waals surface area contributed by atoms with Gasteiger partial charge in [0.15, 0.2) is 12.4 Å². The fraction of sp³-hybridized carbons (Fsp3) is 0.154. The molecular formula is C13H14N3O+. The maximum absolute atomic E-state index is 6.01. The molecule has 1 aliphatic rings. The number of ether oxygens (including phenoxy) is 1. The van der Waals surface area contributed by atoms with Gasteiger partial charge in [0.1, 0.15) is 5.69 Å². The summed E-state index contributed by atoms with van der Waals surface area (Å²) >= 11 is 0. The summed E-state index contributed by atoms with van der Waals surface area (Å²) in [5.74, 6) is 6.01. The molecule has 0 spiro atoms. The van der Waals surface area contributed by atoms with Gasteiger partial charge in [0.25, 0.3) is 6.34 Å². The summed E-state index contributed by atoms with van der Waals surface area (Å²) in [7, 11) is 1.68. The van der Waals surface area contributed by atoms with E-state index >= 15 is 0 Å². The molecule has 0 aromatic heterocycles. The van der Waals surface area contributed by atoms with E-state index in [9.17, 15) is 0 Å². The fourth-order valence-corrected chi connectivity index (χ4v) is 2.27. The Hall–Kier alpha value is -1.91. The third-order valence-electron chi connectivity index (χ3n) is 2.98. The maximum Gasteiger partial charge on any atom is 0.264 e. The van der Waals surface area contributed by atoms with Crippen molar-refractivity contribution in [3.8, 4) is 0 Å². The highest BCUT2D eigenvalue weighted by molar-refractivity contribution is 6.05. The maximum atomic E-state index is 6.01. The lowest BCUT2D eigenvalue weighted by Gasteiger charge is -2.19. The first-order chi connectivity index (χ1) is 8.31. The normalized spacial score (nSPS) is 14.0. The molecule has 0 atom stereocenters. The smallest absolute Gasteiger partial charge is 0.264 e. The van der Waals surface area contributed by atoms with Gasteiger partial charge in [0.2, 0.25) is 0 Å². The SMILES string of the molecule is COC[N+]1=CN(N)c2cccc3cccc1c23. The number of benzene rings is 2. The highest BCUT2D eigenvalue weighted by Gasteiger charge is 2.23. The molecule has 2 aromatic rings. The molecule has 4 nitrogen and oxygen atoms in total. The van der Waals surface area contributed by atoms with E-state index in [0.29, 0.717) is 6.73 Å². The lowest BCUT2D eigenvalue weighted by Crippen LogP contribution is -2.36. The molecule has 2 aromatic carbocycles. The van der Waals surface area contributed by atoms with Crippen LogP contribution in [0.1, 0.15) is 0 Å². The fourth-order valence-electron chi connectivity index (χ4n) is 2.27. The highest BCUT2D eigenvalue weighted by atomic mass is 16.5. The quantitative estimate of drug-likeness (QED) is 0.629. The second-order valence-corrected chi connectivity index (χ2v) is 4.06. The molecule has 0 saturated carbocycles. The summed E-state index contributed by atoms with van der Waals surface area (Å²) in [4.78, 5) is 0. The van der Waals surface area contributed by atoms with Crippen LogP contribution in [0.4, 0.5) is 11.4 Å². The van der Waals surface area contributed by atoms with Crippen LogP contribution in [-0.4, -0.2) is 24.8 Å². The summed E-state index contributed by atoms with van der Waals surface area (Å²) in [5, 5.41) is 3.98. The van der Waals surface area contributed by atoms with Crippen molar-refractivity contribution in [2.45, 2.75) is 0 Å². The Morgan fingerprint density at radius 2 is 2.00 bits per heavy atom. The average molecular weight is 228 g/mol. The number of hydrogen-bond acceptors (Lipinski definition) is 3. The molecule has 4 heteroatoms. The highest BCUT2D eigenvalue weighted by Crippen LogP contribution is 2.35. The number of rotatable bonds is 2.